The molecular weight excluding hydrogens is 430 g/mol. The predicted molar refractivity (Wildman–Crippen MR) is 120 cm³/mol. The number of nitrogens with two attached hydrogens (primary N) is 1. The average molecular weight is 456 g/mol. The largest absolute Gasteiger partial charge is 0.450 e. The standard InChI is InChI=1S/C20H25N9O2S/c1-20(2)7-8-29(19(20)31)16-15(11-28(3)26-16)25-17(30)13-5-4-6-14(24-13)18-22-9-12(32-18)10-23-27-21/h4-6,9,11,21,23H,7-8,10,27H2,1-3H3,(H,25,30). The van der Waals surface area contributed by atoms with Crippen LogP contribution in [0.4, 0.5) is 11.5 Å². The molecule has 11 nitrogen and oxygen atoms in total. The molecule has 0 saturated carbocycles. The highest BCUT2D eigenvalue weighted by Gasteiger charge is 2.41. The summed E-state index contributed by atoms with van der Waals surface area (Å²) in [5.74, 6) is 7.09. The maximum Gasteiger partial charge on any atom is 0.274 e. The number of thiazole rings is 1. The van der Waals surface area contributed by atoms with E-state index in [4.69, 9.17) is 5.84 Å². The molecule has 1 aliphatic rings. The van der Waals surface area contributed by atoms with E-state index in [0.717, 1.165) is 16.8 Å². The minimum absolute atomic E-state index is 0.0103. The lowest BCUT2D eigenvalue weighted by Crippen LogP contribution is -2.85. The molecule has 0 unspecified atom stereocenters. The smallest absolute Gasteiger partial charge is 0.274 e. The van der Waals surface area contributed by atoms with Gasteiger partial charge in [-0.2, -0.15) is 10.5 Å². The van der Waals surface area contributed by atoms with Gasteiger partial charge in [0, 0.05) is 30.1 Å². The second kappa shape index (κ2) is 8.74. The fourth-order valence-electron chi connectivity index (χ4n) is 3.46. The summed E-state index contributed by atoms with van der Waals surface area (Å²) in [7, 11) is 1.75. The molecule has 3 aromatic rings. The van der Waals surface area contributed by atoms with Crippen molar-refractivity contribution in [2.75, 3.05) is 16.8 Å². The van der Waals surface area contributed by atoms with Crippen LogP contribution in [-0.2, 0) is 18.4 Å². The molecule has 4 rings (SSSR count). The van der Waals surface area contributed by atoms with E-state index in [-0.39, 0.29) is 11.6 Å². The van der Waals surface area contributed by atoms with E-state index in [9.17, 15) is 9.59 Å². The lowest BCUT2D eigenvalue weighted by molar-refractivity contribution is -0.652. The molecule has 3 aromatic heterocycles. The van der Waals surface area contributed by atoms with E-state index in [2.05, 4.69) is 25.8 Å². The minimum atomic E-state index is -0.449. The number of carbonyl (C=O) groups is 2. The zero-order valence-electron chi connectivity index (χ0n) is 18.0. The maximum absolute atomic E-state index is 13.0. The van der Waals surface area contributed by atoms with Gasteiger partial charge in [-0.25, -0.2) is 9.97 Å². The first-order valence-corrected chi connectivity index (χ1v) is 10.9. The third-order valence-electron chi connectivity index (χ3n) is 5.23. The first kappa shape index (κ1) is 22.0. The Hall–Kier alpha value is -3.19. The van der Waals surface area contributed by atoms with Crippen molar-refractivity contribution in [3.05, 3.63) is 47.0 Å². The van der Waals surface area contributed by atoms with Crippen molar-refractivity contribution in [2.45, 2.75) is 26.8 Å². The van der Waals surface area contributed by atoms with Crippen LogP contribution < -0.4 is 21.2 Å². The monoisotopic (exact) mass is 455 g/mol. The fraction of sp³-hybridized carbons (Fsp3) is 0.350. The second-order valence-electron chi connectivity index (χ2n) is 8.15. The third kappa shape index (κ3) is 4.39. The molecule has 0 aliphatic carbocycles. The van der Waals surface area contributed by atoms with Gasteiger partial charge in [0.1, 0.15) is 16.4 Å². The second-order valence-corrected chi connectivity index (χ2v) is 9.27. The highest BCUT2D eigenvalue weighted by molar-refractivity contribution is 7.14. The Bertz CT molecular complexity index is 1150. The molecule has 2 amide bonds. The van der Waals surface area contributed by atoms with Gasteiger partial charge in [0.15, 0.2) is 5.82 Å². The zero-order valence-corrected chi connectivity index (χ0v) is 18.9. The SMILES string of the molecule is Cn1cc(NC(=O)c2cccc(-c3ncc(CN[NH2+][NH-])s3)n2)c(N2CCC(C)(C)C2=O)n1. The molecule has 0 atom stereocenters. The molecule has 0 bridgehead atoms. The van der Waals surface area contributed by atoms with E-state index in [1.165, 1.54) is 11.3 Å². The Morgan fingerprint density at radius 3 is 2.91 bits per heavy atom. The fourth-order valence-corrected chi connectivity index (χ4v) is 4.29. The topological polar surface area (TPSA) is 145 Å². The Labute approximate surface area is 189 Å². The molecule has 5 N–H and O–H groups in total. The number of quaternary nitrogens is 1. The first-order valence-electron chi connectivity index (χ1n) is 10.1. The number of rotatable bonds is 7. The van der Waals surface area contributed by atoms with Crippen LogP contribution in [0.1, 0.15) is 35.6 Å². The molecule has 1 aliphatic heterocycles. The van der Waals surface area contributed by atoms with Crippen molar-refractivity contribution in [3.8, 4) is 10.7 Å². The van der Waals surface area contributed by atoms with Crippen molar-refractivity contribution >= 4 is 34.7 Å². The molecule has 12 heteroatoms. The van der Waals surface area contributed by atoms with Crippen LogP contribution in [0, 0.1) is 5.41 Å². The molecular formula is C20H25N9O2S. The van der Waals surface area contributed by atoms with Crippen LogP contribution in [0.25, 0.3) is 16.5 Å². The number of hydrogen-bond donors (Lipinski definition) is 3. The average Bonchev–Trinajstić information content (AvgIpc) is 3.45. The molecule has 0 radical (unpaired) electrons. The summed E-state index contributed by atoms with van der Waals surface area (Å²) < 4.78 is 1.58. The van der Waals surface area contributed by atoms with E-state index in [1.54, 1.807) is 47.2 Å². The number of carbonyl (C=O) groups excluding carboxylic acids is 2. The number of anilines is 2. The normalized spacial score (nSPS) is 15.4. The van der Waals surface area contributed by atoms with Crippen LogP contribution in [0.15, 0.2) is 30.6 Å². The zero-order chi connectivity index (χ0) is 22.9. The van der Waals surface area contributed by atoms with Crippen LogP contribution in [0.2, 0.25) is 0 Å². The Morgan fingerprint density at radius 2 is 2.19 bits per heavy atom. The molecule has 0 aromatic carbocycles. The van der Waals surface area contributed by atoms with Crippen molar-refractivity contribution in [3.63, 3.8) is 0 Å². The Balaban J connectivity index is 1.54. The third-order valence-corrected chi connectivity index (χ3v) is 6.25. The molecule has 4 heterocycles. The van der Waals surface area contributed by atoms with Gasteiger partial charge in [0.05, 0.1) is 18.4 Å². The highest BCUT2D eigenvalue weighted by atomic mass is 32.1. The van der Waals surface area contributed by atoms with Gasteiger partial charge < -0.3 is 16.7 Å². The highest BCUT2D eigenvalue weighted by Crippen LogP contribution is 2.36. The summed E-state index contributed by atoms with van der Waals surface area (Å²) in [6.45, 7) is 4.89. The Kier molecular flexibility index (Phi) is 6.02. The van der Waals surface area contributed by atoms with Crippen LogP contribution in [0.3, 0.4) is 0 Å². The summed E-state index contributed by atoms with van der Waals surface area (Å²) >= 11 is 1.44. The van der Waals surface area contributed by atoms with Gasteiger partial charge in [-0.15, -0.1) is 11.3 Å². The number of amides is 2. The molecule has 168 valence electrons. The van der Waals surface area contributed by atoms with E-state index in [1.807, 2.05) is 13.8 Å². The number of aryl methyl sites for hydroxylation is 1. The van der Waals surface area contributed by atoms with Crippen molar-refractivity contribution < 1.29 is 15.1 Å². The summed E-state index contributed by atoms with van der Waals surface area (Å²) in [5, 5.41) is 7.95. The van der Waals surface area contributed by atoms with Gasteiger partial charge in [-0.05, 0) is 18.6 Å². The Morgan fingerprint density at radius 1 is 1.38 bits per heavy atom. The summed E-state index contributed by atoms with van der Waals surface area (Å²) in [4.78, 5) is 37.1. The van der Waals surface area contributed by atoms with Crippen molar-refractivity contribution in [1.82, 2.24) is 25.2 Å². The van der Waals surface area contributed by atoms with Gasteiger partial charge in [-0.3, -0.25) is 19.2 Å². The lowest BCUT2D eigenvalue weighted by Gasteiger charge is -2.18. The van der Waals surface area contributed by atoms with E-state index < -0.39 is 11.3 Å². The van der Waals surface area contributed by atoms with Crippen LogP contribution >= 0.6 is 11.3 Å². The first-order chi connectivity index (χ1) is 15.3. The summed E-state index contributed by atoms with van der Waals surface area (Å²) in [6.07, 6.45) is 4.13. The van der Waals surface area contributed by atoms with Crippen molar-refractivity contribution in [2.24, 2.45) is 12.5 Å². The quantitative estimate of drug-likeness (QED) is 0.363. The van der Waals surface area contributed by atoms with Gasteiger partial charge >= 0.3 is 0 Å². The number of pyridine rings is 1. The summed E-state index contributed by atoms with van der Waals surface area (Å²) in [5.41, 5.74) is 4.79. The van der Waals surface area contributed by atoms with Gasteiger partial charge in [0.2, 0.25) is 5.91 Å². The lowest BCUT2D eigenvalue weighted by atomic mass is 9.92. The van der Waals surface area contributed by atoms with Crippen molar-refractivity contribution in [1.29, 1.82) is 0 Å². The minimum Gasteiger partial charge on any atom is -0.450 e. The van der Waals surface area contributed by atoms with Gasteiger partial charge in [-0.1, -0.05) is 19.9 Å². The maximum atomic E-state index is 13.0. The number of hydrogen-bond acceptors (Lipinski definition) is 7. The van der Waals surface area contributed by atoms with Crippen LogP contribution in [0.5, 0.6) is 0 Å². The number of nitrogens with zero attached hydrogens (tertiary/aromatic N) is 5. The summed E-state index contributed by atoms with van der Waals surface area (Å²) in [6, 6.07) is 5.18. The predicted octanol–water partition coefficient (Wildman–Crippen LogP) is 1.49. The molecule has 0 spiro atoms. The van der Waals surface area contributed by atoms with Gasteiger partial charge in [0.25, 0.3) is 5.91 Å². The van der Waals surface area contributed by atoms with Crippen LogP contribution in [-0.4, -0.2) is 38.1 Å². The molecule has 1 saturated heterocycles. The molecule has 1 fully saturated rings. The number of nitrogens with one attached hydrogen (secondary N) is 3. The number of aromatic nitrogens is 4. The van der Waals surface area contributed by atoms with E-state index >= 15 is 0 Å². The van der Waals surface area contributed by atoms with E-state index in [0.29, 0.717) is 35.3 Å². The molecule has 32 heavy (non-hydrogen) atoms.